The van der Waals surface area contributed by atoms with Crippen molar-refractivity contribution in [2.75, 3.05) is 25.2 Å². The van der Waals surface area contributed by atoms with Crippen LogP contribution in [0.25, 0.3) is 0 Å². The number of cyclic esters (lactones) is 1. The molecule has 1 atom stereocenters. The van der Waals surface area contributed by atoms with Crippen LogP contribution >= 0.6 is 0 Å². The monoisotopic (exact) mass is 313 g/mol. The second-order valence-corrected chi connectivity index (χ2v) is 5.34. The minimum Gasteiger partial charge on any atom is -0.489 e. The zero-order valence-electron chi connectivity index (χ0n) is 13.0. The Bertz CT molecular complexity index is 642. The first-order chi connectivity index (χ1) is 11.3. The van der Waals surface area contributed by atoms with Gasteiger partial charge < -0.3 is 14.2 Å². The van der Waals surface area contributed by atoms with Gasteiger partial charge in [-0.1, -0.05) is 30.3 Å². The molecular formula is C18H19NO4. The quantitative estimate of drug-likeness (QED) is 0.821. The molecule has 5 nitrogen and oxygen atoms in total. The number of ether oxygens (including phenoxy) is 3. The van der Waals surface area contributed by atoms with Crippen molar-refractivity contribution in [2.24, 2.45) is 0 Å². The third-order valence-corrected chi connectivity index (χ3v) is 3.62. The predicted molar refractivity (Wildman–Crippen MR) is 86.7 cm³/mol. The van der Waals surface area contributed by atoms with E-state index in [2.05, 4.69) is 0 Å². The molecule has 1 heterocycles. The van der Waals surface area contributed by atoms with Gasteiger partial charge in [0.15, 0.2) is 0 Å². The van der Waals surface area contributed by atoms with Crippen LogP contribution in [0.4, 0.5) is 10.5 Å². The van der Waals surface area contributed by atoms with Crippen LogP contribution in [0, 0.1) is 0 Å². The first-order valence-corrected chi connectivity index (χ1v) is 7.50. The number of amides is 1. The van der Waals surface area contributed by atoms with Gasteiger partial charge in [0.2, 0.25) is 0 Å². The van der Waals surface area contributed by atoms with E-state index in [-0.39, 0.29) is 12.2 Å². The first-order valence-electron chi connectivity index (χ1n) is 7.50. The minimum absolute atomic E-state index is 0.221. The molecule has 0 bridgehead atoms. The molecule has 5 heteroatoms. The van der Waals surface area contributed by atoms with Crippen molar-refractivity contribution in [1.29, 1.82) is 0 Å². The van der Waals surface area contributed by atoms with E-state index in [4.69, 9.17) is 14.2 Å². The second kappa shape index (κ2) is 7.15. The number of benzene rings is 2. The Labute approximate surface area is 135 Å². The molecule has 120 valence electrons. The summed E-state index contributed by atoms with van der Waals surface area (Å²) >= 11 is 0. The number of rotatable bonds is 6. The Balaban J connectivity index is 1.60. The largest absolute Gasteiger partial charge is 0.489 e. The third-order valence-electron chi connectivity index (χ3n) is 3.62. The zero-order valence-corrected chi connectivity index (χ0v) is 13.0. The Morgan fingerprint density at radius 1 is 1.13 bits per heavy atom. The van der Waals surface area contributed by atoms with E-state index in [0.29, 0.717) is 19.8 Å². The van der Waals surface area contributed by atoms with Gasteiger partial charge in [0, 0.05) is 12.8 Å². The highest BCUT2D eigenvalue weighted by Crippen LogP contribution is 2.24. The second-order valence-electron chi connectivity index (χ2n) is 5.34. The first kappa shape index (κ1) is 15.4. The Morgan fingerprint density at radius 3 is 2.57 bits per heavy atom. The lowest BCUT2D eigenvalue weighted by molar-refractivity contribution is 0.0718. The molecule has 23 heavy (non-hydrogen) atoms. The zero-order chi connectivity index (χ0) is 16.1. The Hall–Kier alpha value is -2.53. The van der Waals surface area contributed by atoms with Gasteiger partial charge in [0.05, 0.1) is 13.2 Å². The van der Waals surface area contributed by atoms with E-state index in [0.717, 1.165) is 17.0 Å². The SMILES string of the molecule is COC[C@H]1CN(c2ccc(OCc3ccccc3)cc2)C(=O)O1. The van der Waals surface area contributed by atoms with Gasteiger partial charge >= 0.3 is 6.09 Å². The molecule has 1 saturated heterocycles. The van der Waals surface area contributed by atoms with E-state index < -0.39 is 0 Å². The van der Waals surface area contributed by atoms with Crippen LogP contribution < -0.4 is 9.64 Å². The van der Waals surface area contributed by atoms with E-state index in [1.54, 1.807) is 12.0 Å². The van der Waals surface area contributed by atoms with Crippen molar-refractivity contribution in [3.63, 3.8) is 0 Å². The number of hydrogen-bond donors (Lipinski definition) is 0. The van der Waals surface area contributed by atoms with Crippen LogP contribution in [0.5, 0.6) is 5.75 Å². The lowest BCUT2D eigenvalue weighted by Crippen LogP contribution is -2.25. The number of carbonyl (C=O) groups excluding carboxylic acids is 1. The van der Waals surface area contributed by atoms with Crippen LogP contribution in [0.1, 0.15) is 5.56 Å². The molecule has 0 spiro atoms. The molecule has 0 saturated carbocycles. The van der Waals surface area contributed by atoms with Crippen molar-refractivity contribution in [3.8, 4) is 5.75 Å². The number of nitrogens with zero attached hydrogens (tertiary/aromatic N) is 1. The normalized spacial score (nSPS) is 17.2. The summed E-state index contributed by atoms with van der Waals surface area (Å²) in [5.41, 5.74) is 1.91. The van der Waals surface area contributed by atoms with E-state index >= 15 is 0 Å². The molecule has 0 aromatic heterocycles. The summed E-state index contributed by atoms with van der Waals surface area (Å²) in [7, 11) is 1.59. The van der Waals surface area contributed by atoms with Gasteiger partial charge in [-0.25, -0.2) is 4.79 Å². The molecule has 1 aliphatic heterocycles. The van der Waals surface area contributed by atoms with Gasteiger partial charge in [-0.15, -0.1) is 0 Å². The molecule has 2 aromatic rings. The fraction of sp³-hybridized carbons (Fsp3) is 0.278. The minimum atomic E-state index is -0.343. The fourth-order valence-electron chi connectivity index (χ4n) is 2.47. The molecule has 2 aromatic carbocycles. The number of carbonyl (C=O) groups is 1. The maximum atomic E-state index is 11.9. The van der Waals surface area contributed by atoms with Gasteiger partial charge in [-0.3, -0.25) is 4.90 Å². The lowest BCUT2D eigenvalue weighted by atomic mass is 10.2. The van der Waals surface area contributed by atoms with Crippen molar-refractivity contribution in [2.45, 2.75) is 12.7 Å². The highest BCUT2D eigenvalue weighted by atomic mass is 16.6. The Morgan fingerprint density at radius 2 is 1.87 bits per heavy atom. The van der Waals surface area contributed by atoms with Gasteiger partial charge in [-0.2, -0.15) is 0 Å². The van der Waals surface area contributed by atoms with Crippen LogP contribution in [0.2, 0.25) is 0 Å². The molecule has 0 radical (unpaired) electrons. The lowest BCUT2D eigenvalue weighted by Gasteiger charge is -2.14. The molecule has 3 rings (SSSR count). The van der Waals surface area contributed by atoms with Gasteiger partial charge in [0.25, 0.3) is 0 Å². The summed E-state index contributed by atoms with van der Waals surface area (Å²) in [6.45, 7) is 1.42. The maximum Gasteiger partial charge on any atom is 0.414 e. The average molecular weight is 313 g/mol. The molecule has 0 unspecified atom stereocenters. The standard InChI is InChI=1S/C18H19NO4/c1-21-13-17-11-19(18(20)23-17)15-7-9-16(10-8-15)22-12-14-5-3-2-4-6-14/h2-10,17H,11-13H2,1H3/t17-/m1/s1. The van der Waals surface area contributed by atoms with Crippen molar-refractivity contribution >= 4 is 11.8 Å². The summed E-state index contributed by atoms with van der Waals surface area (Å²) in [6.07, 6.45) is -0.563. The van der Waals surface area contributed by atoms with Crippen molar-refractivity contribution < 1.29 is 19.0 Å². The Kier molecular flexibility index (Phi) is 4.78. The summed E-state index contributed by atoms with van der Waals surface area (Å²) in [5.74, 6) is 0.763. The molecule has 1 amide bonds. The predicted octanol–water partition coefficient (Wildman–Crippen LogP) is 3.24. The number of anilines is 1. The van der Waals surface area contributed by atoms with Crippen molar-refractivity contribution in [1.82, 2.24) is 0 Å². The molecule has 1 aliphatic rings. The number of methoxy groups -OCH3 is 1. The van der Waals surface area contributed by atoms with Crippen LogP contribution in [0.15, 0.2) is 54.6 Å². The molecule has 1 fully saturated rings. The fourth-order valence-corrected chi connectivity index (χ4v) is 2.47. The van der Waals surface area contributed by atoms with Gasteiger partial charge in [0.1, 0.15) is 18.5 Å². The van der Waals surface area contributed by atoms with Gasteiger partial charge in [-0.05, 0) is 29.8 Å². The van der Waals surface area contributed by atoms with Crippen LogP contribution in [0.3, 0.4) is 0 Å². The maximum absolute atomic E-state index is 11.9. The average Bonchev–Trinajstić information content (AvgIpc) is 2.95. The van der Waals surface area contributed by atoms with E-state index in [1.165, 1.54) is 0 Å². The summed E-state index contributed by atoms with van der Waals surface area (Å²) in [4.78, 5) is 13.5. The van der Waals surface area contributed by atoms with Crippen LogP contribution in [-0.4, -0.2) is 32.5 Å². The molecule has 0 aliphatic carbocycles. The summed E-state index contributed by atoms with van der Waals surface area (Å²) in [6, 6.07) is 17.4. The topological polar surface area (TPSA) is 48.0 Å². The highest BCUT2D eigenvalue weighted by molar-refractivity contribution is 5.89. The molecule has 0 N–H and O–H groups in total. The summed E-state index contributed by atoms with van der Waals surface area (Å²) < 4.78 is 16.0. The smallest absolute Gasteiger partial charge is 0.414 e. The van der Waals surface area contributed by atoms with Crippen molar-refractivity contribution in [3.05, 3.63) is 60.2 Å². The number of hydrogen-bond acceptors (Lipinski definition) is 4. The third kappa shape index (κ3) is 3.81. The highest BCUT2D eigenvalue weighted by Gasteiger charge is 2.32. The van der Waals surface area contributed by atoms with E-state index in [1.807, 2.05) is 54.6 Å². The molecular weight excluding hydrogens is 294 g/mol. The van der Waals surface area contributed by atoms with Crippen LogP contribution in [-0.2, 0) is 16.1 Å². The summed E-state index contributed by atoms with van der Waals surface area (Å²) in [5, 5.41) is 0. The van der Waals surface area contributed by atoms with E-state index in [9.17, 15) is 4.79 Å².